The molecule has 4 heteroatoms. The lowest BCUT2D eigenvalue weighted by Crippen LogP contribution is -2.24. The minimum absolute atomic E-state index is 0.775. The molecular weight excluding hydrogens is 188 g/mol. The zero-order chi connectivity index (χ0) is 10.7. The molecule has 0 atom stereocenters. The van der Waals surface area contributed by atoms with Crippen molar-refractivity contribution < 1.29 is 0 Å². The summed E-state index contributed by atoms with van der Waals surface area (Å²) in [6.45, 7) is 5.85. The van der Waals surface area contributed by atoms with Crippen molar-refractivity contribution in [2.24, 2.45) is 0 Å². The summed E-state index contributed by atoms with van der Waals surface area (Å²) in [6.07, 6.45) is 4.47. The summed E-state index contributed by atoms with van der Waals surface area (Å²) >= 11 is 0. The van der Waals surface area contributed by atoms with E-state index in [1.807, 2.05) is 13.8 Å². The normalized spacial score (nSPS) is 15.3. The van der Waals surface area contributed by atoms with Crippen molar-refractivity contribution in [3.05, 3.63) is 17.6 Å². The van der Waals surface area contributed by atoms with Gasteiger partial charge in [0.2, 0.25) is 0 Å². The Balaban J connectivity index is 1.78. The van der Waals surface area contributed by atoms with E-state index >= 15 is 0 Å². The van der Waals surface area contributed by atoms with Crippen LogP contribution in [0.25, 0.3) is 0 Å². The van der Waals surface area contributed by atoms with Gasteiger partial charge in [0.25, 0.3) is 0 Å². The van der Waals surface area contributed by atoms with E-state index in [0.717, 1.165) is 36.3 Å². The molecule has 1 heterocycles. The van der Waals surface area contributed by atoms with Crippen molar-refractivity contribution in [3.8, 4) is 0 Å². The van der Waals surface area contributed by atoms with Gasteiger partial charge < -0.3 is 10.6 Å². The number of aryl methyl sites for hydroxylation is 2. The highest BCUT2D eigenvalue weighted by Crippen LogP contribution is 2.18. The van der Waals surface area contributed by atoms with Crippen LogP contribution in [0, 0.1) is 13.8 Å². The molecule has 0 aromatic carbocycles. The van der Waals surface area contributed by atoms with Crippen LogP contribution in [-0.4, -0.2) is 29.1 Å². The molecule has 0 aliphatic heterocycles. The third-order valence-corrected chi connectivity index (χ3v) is 2.50. The molecule has 1 aromatic rings. The van der Waals surface area contributed by atoms with Gasteiger partial charge >= 0.3 is 0 Å². The van der Waals surface area contributed by atoms with E-state index in [1.54, 1.807) is 6.20 Å². The van der Waals surface area contributed by atoms with Crippen LogP contribution in [0.3, 0.4) is 0 Å². The number of hydrogen-bond donors (Lipinski definition) is 2. The van der Waals surface area contributed by atoms with E-state index in [4.69, 9.17) is 0 Å². The average molecular weight is 206 g/mol. The van der Waals surface area contributed by atoms with E-state index in [-0.39, 0.29) is 0 Å². The van der Waals surface area contributed by atoms with Crippen LogP contribution < -0.4 is 10.6 Å². The van der Waals surface area contributed by atoms with Gasteiger partial charge in [-0.3, -0.25) is 4.98 Å². The maximum atomic E-state index is 4.40. The minimum Gasteiger partial charge on any atom is -0.367 e. The minimum atomic E-state index is 0.775. The Morgan fingerprint density at radius 3 is 2.87 bits per heavy atom. The van der Waals surface area contributed by atoms with Gasteiger partial charge in [-0.2, -0.15) is 0 Å². The molecule has 2 N–H and O–H groups in total. The Labute approximate surface area is 90.5 Å². The number of aromatic nitrogens is 2. The third kappa shape index (κ3) is 3.16. The van der Waals surface area contributed by atoms with Gasteiger partial charge in [0, 0.05) is 25.3 Å². The van der Waals surface area contributed by atoms with E-state index < -0.39 is 0 Å². The lowest BCUT2D eigenvalue weighted by molar-refractivity contribution is 0.700. The molecule has 1 aliphatic carbocycles. The fourth-order valence-corrected chi connectivity index (χ4v) is 1.45. The average Bonchev–Trinajstić information content (AvgIpc) is 3.01. The zero-order valence-electron chi connectivity index (χ0n) is 9.38. The number of nitrogens with zero attached hydrogens (tertiary/aromatic N) is 2. The highest BCUT2D eigenvalue weighted by molar-refractivity contribution is 5.39. The first-order valence-electron chi connectivity index (χ1n) is 5.53. The number of rotatable bonds is 5. The van der Waals surface area contributed by atoms with Gasteiger partial charge in [0.15, 0.2) is 0 Å². The molecule has 15 heavy (non-hydrogen) atoms. The van der Waals surface area contributed by atoms with Gasteiger partial charge in [0.05, 0.1) is 11.4 Å². The zero-order valence-corrected chi connectivity index (χ0v) is 9.38. The molecule has 0 radical (unpaired) electrons. The summed E-state index contributed by atoms with van der Waals surface area (Å²) in [5, 5.41) is 6.75. The third-order valence-electron chi connectivity index (χ3n) is 2.50. The molecule has 0 amide bonds. The molecule has 0 saturated heterocycles. The number of anilines is 1. The Bertz CT molecular complexity index is 333. The fraction of sp³-hybridized carbons (Fsp3) is 0.636. The molecular formula is C11H18N4. The van der Waals surface area contributed by atoms with E-state index in [9.17, 15) is 0 Å². The molecule has 2 rings (SSSR count). The van der Waals surface area contributed by atoms with Crippen LogP contribution in [0.4, 0.5) is 5.82 Å². The summed E-state index contributed by atoms with van der Waals surface area (Å²) in [6, 6.07) is 0.775. The maximum absolute atomic E-state index is 4.40. The first kappa shape index (κ1) is 10.4. The predicted octanol–water partition coefficient (Wildman–Crippen LogP) is 1.26. The van der Waals surface area contributed by atoms with Crippen molar-refractivity contribution >= 4 is 5.82 Å². The molecule has 0 spiro atoms. The standard InChI is InChI=1S/C11H18N4/c1-8-7-14-9(2)11(15-8)13-6-5-12-10-3-4-10/h7,10,12H,3-6H2,1-2H3,(H,13,15). The Hall–Kier alpha value is -1.16. The first-order valence-corrected chi connectivity index (χ1v) is 5.53. The van der Waals surface area contributed by atoms with Crippen LogP contribution in [0.15, 0.2) is 6.20 Å². The SMILES string of the molecule is Cc1cnc(C)c(NCCNC2CC2)n1. The highest BCUT2D eigenvalue weighted by Gasteiger charge is 2.19. The van der Waals surface area contributed by atoms with Crippen LogP contribution in [0.1, 0.15) is 24.2 Å². The van der Waals surface area contributed by atoms with Crippen LogP contribution in [0.2, 0.25) is 0 Å². The van der Waals surface area contributed by atoms with Gasteiger partial charge in [-0.25, -0.2) is 4.98 Å². The van der Waals surface area contributed by atoms with Crippen LogP contribution in [-0.2, 0) is 0 Å². The van der Waals surface area contributed by atoms with Crippen molar-refractivity contribution in [1.29, 1.82) is 0 Å². The molecule has 82 valence electrons. The van der Waals surface area contributed by atoms with Gasteiger partial charge in [0.1, 0.15) is 5.82 Å². The van der Waals surface area contributed by atoms with Crippen molar-refractivity contribution in [2.75, 3.05) is 18.4 Å². The van der Waals surface area contributed by atoms with Crippen LogP contribution in [0.5, 0.6) is 0 Å². The Kier molecular flexibility index (Phi) is 3.16. The van der Waals surface area contributed by atoms with Crippen molar-refractivity contribution in [1.82, 2.24) is 15.3 Å². The lowest BCUT2D eigenvalue weighted by Gasteiger charge is -2.08. The smallest absolute Gasteiger partial charge is 0.147 e. The van der Waals surface area contributed by atoms with Crippen molar-refractivity contribution in [3.63, 3.8) is 0 Å². The topological polar surface area (TPSA) is 49.8 Å². The summed E-state index contributed by atoms with van der Waals surface area (Å²) < 4.78 is 0. The van der Waals surface area contributed by atoms with E-state index in [0.29, 0.717) is 0 Å². The second-order valence-electron chi connectivity index (χ2n) is 4.10. The number of hydrogen-bond acceptors (Lipinski definition) is 4. The van der Waals surface area contributed by atoms with E-state index in [2.05, 4.69) is 20.6 Å². The molecule has 1 saturated carbocycles. The van der Waals surface area contributed by atoms with Crippen LogP contribution >= 0.6 is 0 Å². The monoisotopic (exact) mass is 206 g/mol. The van der Waals surface area contributed by atoms with E-state index in [1.165, 1.54) is 12.8 Å². The quantitative estimate of drug-likeness (QED) is 0.712. The second-order valence-corrected chi connectivity index (χ2v) is 4.10. The van der Waals surface area contributed by atoms with Gasteiger partial charge in [-0.05, 0) is 26.7 Å². The fourth-order valence-electron chi connectivity index (χ4n) is 1.45. The molecule has 4 nitrogen and oxygen atoms in total. The molecule has 1 aromatic heterocycles. The Morgan fingerprint density at radius 1 is 1.33 bits per heavy atom. The first-order chi connectivity index (χ1) is 7.25. The molecule has 1 fully saturated rings. The summed E-state index contributed by atoms with van der Waals surface area (Å²) in [5.74, 6) is 0.910. The molecule has 0 unspecified atom stereocenters. The maximum Gasteiger partial charge on any atom is 0.147 e. The summed E-state index contributed by atoms with van der Waals surface area (Å²) in [5.41, 5.74) is 1.92. The molecule has 1 aliphatic rings. The second kappa shape index (κ2) is 4.57. The van der Waals surface area contributed by atoms with Gasteiger partial charge in [-0.15, -0.1) is 0 Å². The van der Waals surface area contributed by atoms with Crippen molar-refractivity contribution in [2.45, 2.75) is 32.7 Å². The highest BCUT2D eigenvalue weighted by atomic mass is 15.0. The van der Waals surface area contributed by atoms with Gasteiger partial charge in [-0.1, -0.05) is 0 Å². The number of nitrogens with one attached hydrogen (secondary N) is 2. The predicted molar refractivity (Wildman–Crippen MR) is 61.0 cm³/mol. The lowest BCUT2D eigenvalue weighted by atomic mass is 10.4. The molecule has 0 bridgehead atoms. The summed E-state index contributed by atoms with van der Waals surface area (Å²) in [4.78, 5) is 8.66. The Morgan fingerprint density at radius 2 is 2.13 bits per heavy atom. The summed E-state index contributed by atoms with van der Waals surface area (Å²) in [7, 11) is 0. The largest absolute Gasteiger partial charge is 0.367 e.